The highest BCUT2D eigenvalue weighted by atomic mass is 16.5. The van der Waals surface area contributed by atoms with Crippen LogP contribution in [0.2, 0.25) is 0 Å². The average molecular weight is 321 g/mol. The maximum absolute atomic E-state index is 6.03. The Morgan fingerprint density at radius 1 is 1.12 bits per heavy atom. The highest BCUT2D eigenvalue weighted by molar-refractivity contribution is 5.85. The third-order valence-corrected chi connectivity index (χ3v) is 4.92. The zero-order valence-corrected chi connectivity index (χ0v) is 14.4. The van der Waals surface area contributed by atoms with E-state index in [1.807, 2.05) is 0 Å². The molecular formula is C20H23N3O. The second-order valence-corrected chi connectivity index (χ2v) is 6.82. The number of anilines is 1. The third kappa shape index (κ3) is 2.67. The van der Waals surface area contributed by atoms with Crippen LogP contribution in [0, 0.1) is 20.8 Å². The molecule has 2 aliphatic rings. The van der Waals surface area contributed by atoms with E-state index in [0.29, 0.717) is 6.61 Å². The highest BCUT2D eigenvalue weighted by Crippen LogP contribution is 2.35. The number of nitrogens with zero attached hydrogens (tertiary/aromatic N) is 1. The normalized spacial score (nSPS) is 23.5. The van der Waals surface area contributed by atoms with Gasteiger partial charge in [0.2, 0.25) is 0 Å². The van der Waals surface area contributed by atoms with Crippen LogP contribution in [0.5, 0.6) is 0 Å². The molecule has 1 saturated heterocycles. The molecule has 0 spiro atoms. The summed E-state index contributed by atoms with van der Waals surface area (Å²) in [4.78, 5) is 0. The molecule has 0 bridgehead atoms. The summed E-state index contributed by atoms with van der Waals surface area (Å²) in [5.41, 5.74) is 10.7. The number of hydrogen-bond acceptors (Lipinski definition) is 3. The van der Waals surface area contributed by atoms with Crippen molar-refractivity contribution in [3.8, 4) is 0 Å². The van der Waals surface area contributed by atoms with E-state index in [9.17, 15) is 0 Å². The van der Waals surface area contributed by atoms with Gasteiger partial charge in [-0.3, -0.25) is 5.43 Å². The molecule has 1 fully saturated rings. The largest absolute Gasteiger partial charge is 0.367 e. The van der Waals surface area contributed by atoms with Crippen molar-refractivity contribution in [2.24, 2.45) is 5.10 Å². The molecule has 0 aromatic heterocycles. The lowest BCUT2D eigenvalue weighted by atomic mass is 10.1. The van der Waals surface area contributed by atoms with Gasteiger partial charge in [0.1, 0.15) is 12.4 Å². The van der Waals surface area contributed by atoms with Gasteiger partial charge in [0, 0.05) is 6.42 Å². The molecule has 4 nitrogen and oxygen atoms in total. The summed E-state index contributed by atoms with van der Waals surface area (Å²) in [6.07, 6.45) is 1.19. The van der Waals surface area contributed by atoms with Crippen molar-refractivity contribution in [3.63, 3.8) is 0 Å². The van der Waals surface area contributed by atoms with E-state index >= 15 is 0 Å². The topological polar surface area (TPSA) is 45.7 Å². The van der Waals surface area contributed by atoms with Crippen molar-refractivity contribution in [2.45, 2.75) is 39.3 Å². The van der Waals surface area contributed by atoms with Crippen LogP contribution in [0.4, 0.5) is 5.69 Å². The van der Waals surface area contributed by atoms with Gasteiger partial charge in [-0.05, 0) is 43.0 Å². The fourth-order valence-corrected chi connectivity index (χ4v) is 3.84. The van der Waals surface area contributed by atoms with Crippen LogP contribution in [-0.4, -0.2) is 18.5 Å². The van der Waals surface area contributed by atoms with Crippen molar-refractivity contribution in [3.05, 3.63) is 64.2 Å². The molecule has 0 unspecified atom stereocenters. The number of nitrogens with one attached hydrogen (secondary N) is 2. The predicted molar refractivity (Wildman–Crippen MR) is 97.5 cm³/mol. The van der Waals surface area contributed by atoms with E-state index in [4.69, 9.17) is 4.74 Å². The fraction of sp³-hybridized carbons (Fsp3) is 0.350. The molecule has 2 aromatic rings. The van der Waals surface area contributed by atoms with Crippen LogP contribution in [-0.2, 0) is 11.2 Å². The van der Waals surface area contributed by atoms with Gasteiger partial charge in [0.25, 0.3) is 0 Å². The van der Waals surface area contributed by atoms with Crippen LogP contribution in [0.25, 0.3) is 0 Å². The molecule has 1 aliphatic carbocycles. The van der Waals surface area contributed by atoms with E-state index < -0.39 is 0 Å². The number of rotatable bonds is 2. The summed E-state index contributed by atoms with van der Waals surface area (Å²) < 4.78 is 6.03. The Balaban J connectivity index is 1.54. The van der Waals surface area contributed by atoms with E-state index in [1.54, 1.807) is 0 Å². The lowest BCUT2D eigenvalue weighted by Gasteiger charge is -2.29. The fourth-order valence-electron chi connectivity index (χ4n) is 3.84. The molecule has 4 rings (SSSR count). The van der Waals surface area contributed by atoms with E-state index in [-0.39, 0.29) is 12.1 Å². The SMILES string of the molecule is Cc1cc(C)c(N/N=C2/CO[C@@H]3Cc4ccccc4[C@@H]3N2)c(C)c1. The lowest BCUT2D eigenvalue weighted by Crippen LogP contribution is -2.44. The highest BCUT2D eigenvalue weighted by Gasteiger charge is 2.36. The molecule has 2 N–H and O–H groups in total. The number of aryl methyl sites for hydroxylation is 3. The maximum atomic E-state index is 6.03. The minimum Gasteiger partial charge on any atom is -0.367 e. The summed E-state index contributed by atoms with van der Waals surface area (Å²) in [5.74, 6) is 0.854. The van der Waals surface area contributed by atoms with Crippen molar-refractivity contribution >= 4 is 11.5 Å². The van der Waals surface area contributed by atoms with Gasteiger partial charge in [-0.1, -0.05) is 42.0 Å². The van der Waals surface area contributed by atoms with Crippen LogP contribution in [0.3, 0.4) is 0 Å². The molecule has 2 atom stereocenters. The Morgan fingerprint density at radius 3 is 2.67 bits per heavy atom. The smallest absolute Gasteiger partial charge is 0.149 e. The first-order chi connectivity index (χ1) is 11.6. The quantitative estimate of drug-likeness (QED) is 0.831. The zero-order valence-electron chi connectivity index (χ0n) is 14.4. The van der Waals surface area contributed by atoms with Crippen molar-refractivity contribution in [1.82, 2.24) is 5.32 Å². The molecule has 124 valence electrons. The van der Waals surface area contributed by atoms with Gasteiger partial charge < -0.3 is 10.1 Å². The summed E-state index contributed by atoms with van der Waals surface area (Å²) in [5, 5.41) is 8.12. The van der Waals surface area contributed by atoms with Crippen LogP contribution < -0.4 is 10.7 Å². The Bertz CT molecular complexity index is 789. The predicted octanol–water partition coefficient (Wildman–Crippen LogP) is 3.62. The first-order valence-corrected chi connectivity index (χ1v) is 8.48. The summed E-state index contributed by atoms with van der Waals surface area (Å²) in [6, 6.07) is 13.1. The first-order valence-electron chi connectivity index (χ1n) is 8.48. The lowest BCUT2D eigenvalue weighted by molar-refractivity contribution is 0.0468. The minimum atomic E-state index is 0.204. The first kappa shape index (κ1) is 15.2. The molecule has 1 aliphatic heterocycles. The number of hydrazone groups is 1. The summed E-state index contributed by atoms with van der Waals surface area (Å²) in [7, 11) is 0. The molecule has 24 heavy (non-hydrogen) atoms. The summed E-state index contributed by atoms with van der Waals surface area (Å²) >= 11 is 0. The Hall–Kier alpha value is -2.33. The van der Waals surface area contributed by atoms with Crippen LogP contribution in [0.15, 0.2) is 41.5 Å². The number of amidine groups is 1. The van der Waals surface area contributed by atoms with Gasteiger partial charge in [0.15, 0.2) is 0 Å². The third-order valence-electron chi connectivity index (χ3n) is 4.92. The molecule has 0 amide bonds. The molecule has 0 radical (unpaired) electrons. The number of benzene rings is 2. The minimum absolute atomic E-state index is 0.204. The van der Waals surface area contributed by atoms with E-state index in [2.05, 4.69) is 73.0 Å². The monoisotopic (exact) mass is 321 g/mol. The second kappa shape index (κ2) is 5.95. The van der Waals surface area contributed by atoms with Crippen molar-refractivity contribution in [2.75, 3.05) is 12.0 Å². The molecule has 4 heteroatoms. The molecule has 2 aromatic carbocycles. The number of hydrogen-bond donors (Lipinski definition) is 2. The summed E-state index contributed by atoms with van der Waals surface area (Å²) in [6.45, 7) is 6.85. The number of ether oxygens (including phenoxy) is 1. The number of fused-ring (bicyclic) bond motifs is 3. The Morgan fingerprint density at radius 2 is 1.88 bits per heavy atom. The Labute approximate surface area is 142 Å². The molecule has 1 heterocycles. The maximum Gasteiger partial charge on any atom is 0.149 e. The number of morpholine rings is 1. The van der Waals surface area contributed by atoms with Gasteiger partial charge in [-0.2, -0.15) is 5.10 Å². The van der Waals surface area contributed by atoms with Gasteiger partial charge in [0.05, 0.1) is 17.8 Å². The second-order valence-electron chi connectivity index (χ2n) is 6.82. The van der Waals surface area contributed by atoms with E-state index in [0.717, 1.165) is 17.9 Å². The molecule has 0 saturated carbocycles. The standard InChI is InChI=1S/C20H23N3O/c1-12-8-13(2)19(14(3)9-12)23-22-18-11-24-17-10-15-6-4-5-7-16(15)20(17)21-18/h4-9,17,20,23H,10-11H2,1-3H3,(H,21,22)/t17-,20+/m1/s1. The average Bonchev–Trinajstić information content (AvgIpc) is 2.92. The van der Waals surface area contributed by atoms with Crippen LogP contribution >= 0.6 is 0 Å². The Kier molecular flexibility index (Phi) is 3.77. The molecular weight excluding hydrogens is 298 g/mol. The van der Waals surface area contributed by atoms with Crippen molar-refractivity contribution in [1.29, 1.82) is 0 Å². The van der Waals surface area contributed by atoms with Gasteiger partial charge in [-0.15, -0.1) is 0 Å². The van der Waals surface area contributed by atoms with Crippen LogP contribution in [0.1, 0.15) is 33.9 Å². The van der Waals surface area contributed by atoms with Crippen molar-refractivity contribution < 1.29 is 4.74 Å². The van der Waals surface area contributed by atoms with E-state index in [1.165, 1.54) is 27.8 Å². The van der Waals surface area contributed by atoms with Gasteiger partial charge >= 0.3 is 0 Å². The zero-order chi connectivity index (χ0) is 16.7. The van der Waals surface area contributed by atoms with Gasteiger partial charge in [-0.25, -0.2) is 0 Å².